The molecule has 0 aliphatic heterocycles. The first-order valence-corrected chi connectivity index (χ1v) is 6.23. The van der Waals surface area contributed by atoms with Crippen LogP contribution in [0.4, 0.5) is 19.0 Å². The summed E-state index contributed by atoms with van der Waals surface area (Å²) in [4.78, 5) is 3.70. The molecule has 1 aromatic heterocycles. The first kappa shape index (κ1) is 16.0. The van der Waals surface area contributed by atoms with Crippen LogP contribution in [0.2, 0.25) is 5.02 Å². The normalized spacial score (nSPS) is 13.7. The summed E-state index contributed by atoms with van der Waals surface area (Å²) in [5.41, 5.74) is -0.883. The number of aliphatic hydroxyl groups is 1. The second-order valence-corrected chi connectivity index (χ2v) is 4.97. The van der Waals surface area contributed by atoms with E-state index in [9.17, 15) is 13.2 Å². The van der Waals surface area contributed by atoms with Crippen LogP contribution >= 0.6 is 11.6 Å². The Morgan fingerprint density at radius 3 is 2.47 bits per heavy atom. The van der Waals surface area contributed by atoms with Crippen LogP contribution < -0.4 is 5.32 Å². The molecule has 0 saturated carbocycles. The van der Waals surface area contributed by atoms with Crippen LogP contribution in [0.5, 0.6) is 0 Å². The van der Waals surface area contributed by atoms with E-state index >= 15 is 0 Å². The summed E-state index contributed by atoms with van der Waals surface area (Å²) >= 11 is 5.80. The molecular weight excluding hydrogens is 281 g/mol. The zero-order valence-corrected chi connectivity index (χ0v) is 11.4. The van der Waals surface area contributed by atoms with Crippen molar-refractivity contribution in [3.05, 3.63) is 22.8 Å². The predicted octanol–water partition coefficient (Wildman–Crippen LogP) is 3.57. The van der Waals surface area contributed by atoms with E-state index in [2.05, 4.69) is 10.3 Å². The third kappa shape index (κ3) is 4.54. The Bertz CT molecular complexity index is 424. The van der Waals surface area contributed by atoms with E-state index in [4.69, 9.17) is 16.7 Å². The van der Waals surface area contributed by atoms with Gasteiger partial charge in [-0.1, -0.05) is 25.4 Å². The fourth-order valence-corrected chi connectivity index (χ4v) is 1.81. The zero-order chi connectivity index (χ0) is 14.6. The van der Waals surface area contributed by atoms with E-state index in [1.165, 1.54) is 0 Å². The van der Waals surface area contributed by atoms with Crippen molar-refractivity contribution in [1.29, 1.82) is 0 Å². The number of rotatable bonds is 5. The molecule has 0 aromatic carbocycles. The Balaban J connectivity index is 2.90. The lowest BCUT2D eigenvalue weighted by atomic mass is 10.0. The molecule has 0 saturated heterocycles. The summed E-state index contributed by atoms with van der Waals surface area (Å²) in [7, 11) is 0. The molecule has 1 atom stereocenters. The Labute approximate surface area is 114 Å². The summed E-state index contributed by atoms with van der Waals surface area (Å²) in [6.45, 7) is 3.85. The van der Waals surface area contributed by atoms with Gasteiger partial charge in [0, 0.05) is 18.8 Å². The van der Waals surface area contributed by atoms with Gasteiger partial charge < -0.3 is 10.4 Å². The van der Waals surface area contributed by atoms with Crippen LogP contribution in [0.25, 0.3) is 0 Å². The summed E-state index contributed by atoms with van der Waals surface area (Å²) in [5.74, 6) is 0.383. The summed E-state index contributed by atoms with van der Waals surface area (Å²) < 4.78 is 37.4. The van der Waals surface area contributed by atoms with E-state index in [0.717, 1.165) is 12.3 Å². The average Bonchev–Trinajstić information content (AvgIpc) is 2.29. The molecule has 0 spiro atoms. The molecule has 1 rings (SSSR count). The number of halogens is 4. The lowest BCUT2D eigenvalue weighted by Crippen LogP contribution is -2.27. The maximum atomic E-state index is 12.5. The van der Waals surface area contributed by atoms with E-state index in [1.807, 2.05) is 13.8 Å². The van der Waals surface area contributed by atoms with Gasteiger partial charge in [-0.3, -0.25) is 0 Å². The molecule has 1 aromatic rings. The molecule has 0 radical (unpaired) electrons. The van der Waals surface area contributed by atoms with Crippen molar-refractivity contribution < 1.29 is 18.3 Å². The van der Waals surface area contributed by atoms with Gasteiger partial charge in [-0.2, -0.15) is 13.2 Å². The third-order valence-electron chi connectivity index (χ3n) is 2.74. The van der Waals surface area contributed by atoms with Gasteiger partial charge >= 0.3 is 6.18 Å². The van der Waals surface area contributed by atoms with Crippen molar-refractivity contribution in [1.82, 2.24) is 4.98 Å². The summed E-state index contributed by atoms with van der Waals surface area (Å²) in [6, 6.07) is 0.736. The van der Waals surface area contributed by atoms with Gasteiger partial charge in [0.25, 0.3) is 0 Å². The van der Waals surface area contributed by atoms with Crippen molar-refractivity contribution in [3.63, 3.8) is 0 Å². The van der Waals surface area contributed by atoms with Crippen LogP contribution in [0, 0.1) is 5.92 Å². The van der Waals surface area contributed by atoms with Crippen molar-refractivity contribution in [3.8, 4) is 0 Å². The van der Waals surface area contributed by atoms with Gasteiger partial charge in [0.05, 0.1) is 10.6 Å². The van der Waals surface area contributed by atoms with Crippen LogP contribution in [0.3, 0.4) is 0 Å². The fraction of sp³-hybridized carbons (Fsp3) is 0.583. The molecule has 1 unspecified atom stereocenters. The topological polar surface area (TPSA) is 45.1 Å². The van der Waals surface area contributed by atoms with Crippen LogP contribution in [-0.2, 0) is 6.18 Å². The number of alkyl halides is 3. The monoisotopic (exact) mass is 296 g/mol. The van der Waals surface area contributed by atoms with Crippen molar-refractivity contribution in [2.75, 3.05) is 11.9 Å². The van der Waals surface area contributed by atoms with E-state index in [1.54, 1.807) is 0 Å². The van der Waals surface area contributed by atoms with Gasteiger partial charge in [0.1, 0.15) is 5.82 Å². The van der Waals surface area contributed by atoms with Crippen molar-refractivity contribution in [2.24, 2.45) is 5.92 Å². The molecule has 2 N–H and O–H groups in total. The Hall–Kier alpha value is -1.01. The van der Waals surface area contributed by atoms with Gasteiger partial charge in [-0.15, -0.1) is 0 Å². The molecular formula is C12H16ClF3N2O. The lowest BCUT2D eigenvalue weighted by molar-refractivity contribution is -0.137. The highest BCUT2D eigenvalue weighted by Gasteiger charge is 2.31. The smallest absolute Gasteiger partial charge is 0.396 e. The second-order valence-electron chi connectivity index (χ2n) is 4.56. The van der Waals surface area contributed by atoms with Gasteiger partial charge in [0.15, 0.2) is 0 Å². The van der Waals surface area contributed by atoms with Crippen LogP contribution in [0.15, 0.2) is 12.3 Å². The number of anilines is 1. The minimum Gasteiger partial charge on any atom is -0.396 e. The number of nitrogens with one attached hydrogen (secondary N) is 1. The molecule has 19 heavy (non-hydrogen) atoms. The van der Waals surface area contributed by atoms with E-state index in [0.29, 0.717) is 6.42 Å². The Morgan fingerprint density at radius 2 is 2.05 bits per heavy atom. The highest BCUT2D eigenvalue weighted by atomic mass is 35.5. The Kier molecular flexibility index (Phi) is 5.43. The predicted molar refractivity (Wildman–Crippen MR) is 68.2 cm³/mol. The summed E-state index contributed by atoms with van der Waals surface area (Å²) in [5, 5.41) is 11.8. The van der Waals surface area contributed by atoms with Gasteiger partial charge in [0.2, 0.25) is 0 Å². The second kappa shape index (κ2) is 6.43. The first-order chi connectivity index (χ1) is 8.75. The highest BCUT2D eigenvalue weighted by molar-refractivity contribution is 6.33. The number of nitrogens with zero attached hydrogens (tertiary/aromatic N) is 1. The molecule has 108 valence electrons. The third-order valence-corrected chi connectivity index (χ3v) is 3.02. The number of aromatic nitrogens is 1. The standard InChI is InChI=1S/C12H16ClF3N2O/c1-7(2)10(3-4-19)18-11-9(13)5-8(6-17-11)12(14,15)16/h5-7,10,19H,3-4H2,1-2H3,(H,17,18). The molecule has 7 heteroatoms. The average molecular weight is 297 g/mol. The minimum atomic E-state index is -4.46. The van der Waals surface area contributed by atoms with Crippen molar-refractivity contribution >= 4 is 17.4 Å². The van der Waals surface area contributed by atoms with Crippen molar-refractivity contribution in [2.45, 2.75) is 32.5 Å². The van der Waals surface area contributed by atoms with Crippen LogP contribution in [0.1, 0.15) is 25.8 Å². The van der Waals surface area contributed by atoms with E-state index in [-0.39, 0.29) is 29.4 Å². The van der Waals surface area contributed by atoms with Gasteiger partial charge in [-0.25, -0.2) is 4.98 Å². The SMILES string of the molecule is CC(C)C(CCO)Nc1ncc(C(F)(F)F)cc1Cl. The van der Waals surface area contributed by atoms with Gasteiger partial charge in [-0.05, 0) is 18.4 Å². The number of pyridine rings is 1. The molecule has 0 fully saturated rings. The minimum absolute atomic E-state index is 0.0197. The molecule has 0 aliphatic rings. The van der Waals surface area contributed by atoms with E-state index < -0.39 is 11.7 Å². The zero-order valence-electron chi connectivity index (χ0n) is 10.6. The molecule has 3 nitrogen and oxygen atoms in total. The maximum absolute atomic E-state index is 12.5. The molecule has 1 heterocycles. The quantitative estimate of drug-likeness (QED) is 0.873. The largest absolute Gasteiger partial charge is 0.417 e. The molecule has 0 bridgehead atoms. The number of aliphatic hydroxyl groups excluding tert-OH is 1. The number of hydrogen-bond donors (Lipinski definition) is 2. The fourth-order valence-electron chi connectivity index (χ4n) is 1.59. The highest BCUT2D eigenvalue weighted by Crippen LogP contribution is 2.32. The van der Waals surface area contributed by atoms with Crippen LogP contribution in [-0.4, -0.2) is 22.7 Å². The molecule has 0 amide bonds. The number of hydrogen-bond acceptors (Lipinski definition) is 3. The maximum Gasteiger partial charge on any atom is 0.417 e. The summed E-state index contributed by atoms with van der Waals surface area (Å²) in [6.07, 6.45) is -3.25. The molecule has 0 aliphatic carbocycles. The lowest BCUT2D eigenvalue weighted by Gasteiger charge is -2.22. The Morgan fingerprint density at radius 1 is 1.42 bits per heavy atom. The first-order valence-electron chi connectivity index (χ1n) is 5.85.